The molecule has 0 saturated heterocycles. The van der Waals surface area contributed by atoms with Crippen molar-refractivity contribution >= 4 is 17.7 Å². The highest BCUT2D eigenvalue weighted by Gasteiger charge is 2.37. The molecule has 3 amide bonds. The first kappa shape index (κ1) is 15.2. The molecule has 5 nitrogen and oxygen atoms in total. The second kappa shape index (κ2) is 6.03. The molecule has 0 bridgehead atoms. The Balaban J connectivity index is 1.98. The Morgan fingerprint density at radius 1 is 1.29 bits per heavy atom. The Morgan fingerprint density at radius 2 is 2.00 bits per heavy atom. The van der Waals surface area contributed by atoms with Gasteiger partial charge in [-0.3, -0.25) is 19.3 Å². The molecule has 0 saturated carbocycles. The highest BCUT2D eigenvalue weighted by molar-refractivity contribution is 6.21. The Hall–Kier alpha value is -2.24. The number of benzene rings is 1. The van der Waals surface area contributed by atoms with E-state index in [0.717, 1.165) is 11.0 Å². The van der Waals surface area contributed by atoms with Gasteiger partial charge in [-0.1, -0.05) is 19.9 Å². The summed E-state index contributed by atoms with van der Waals surface area (Å²) in [5, 5.41) is 2.64. The van der Waals surface area contributed by atoms with Crippen LogP contribution in [0, 0.1) is 11.7 Å². The molecule has 0 spiro atoms. The van der Waals surface area contributed by atoms with Gasteiger partial charge in [0.1, 0.15) is 5.82 Å². The first-order valence-electron chi connectivity index (χ1n) is 6.83. The minimum absolute atomic E-state index is 0.0373. The predicted molar refractivity (Wildman–Crippen MR) is 74.2 cm³/mol. The number of rotatable bonds is 5. The van der Waals surface area contributed by atoms with E-state index in [1.54, 1.807) is 0 Å². The topological polar surface area (TPSA) is 66.5 Å². The van der Waals surface area contributed by atoms with Crippen LogP contribution in [-0.4, -0.2) is 35.7 Å². The van der Waals surface area contributed by atoms with Gasteiger partial charge in [0.25, 0.3) is 11.8 Å². The van der Waals surface area contributed by atoms with Crippen LogP contribution in [0.3, 0.4) is 0 Å². The van der Waals surface area contributed by atoms with Crippen molar-refractivity contribution < 1.29 is 18.8 Å². The SMILES string of the molecule is CC(C)CC(=O)NCCN1C(=O)c2cccc(F)c2C1=O. The lowest BCUT2D eigenvalue weighted by molar-refractivity contribution is -0.121. The fourth-order valence-corrected chi connectivity index (χ4v) is 2.25. The van der Waals surface area contributed by atoms with Crippen molar-refractivity contribution in [3.05, 3.63) is 35.1 Å². The molecule has 2 rings (SSSR count). The quantitative estimate of drug-likeness (QED) is 0.838. The monoisotopic (exact) mass is 292 g/mol. The Kier molecular flexibility index (Phi) is 4.35. The fourth-order valence-electron chi connectivity index (χ4n) is 2.25. The van der Waals surface area contributed by atoms with E-state index in [1.807, 2.05) is 13.8 Å². The minimum atomic E-state index is -0.697. The van der Waals surface area contributed by atoms with Crippen molar-refractivity contribution in [3.8, 4) is 0 Å². The normalized spacial score (nSPS) is 13.8. The van der Waals surface area contributed by atoms with E-state index in [0.29, 0.717) is 6.42 Å². The number of nitrogens with one attached hydrogen (secondary N) is 1. The maximum atomic E-state index is 13.6. The van der Waals surface area contributed by atoms with Crippen LogP contribution in [0.5, 0.6) is 0 Å². The van der Waals surface area contributed by atoms with Crippen LogP contribution < -0.4 is 5.32 Å². The Labute approximate surface area is 122 Å². The number of fused-ring (bicyclic) bond motifs is 1. The van der Waals surface area contributed by atoms with E-state index in [-0.39, 0.29) is 36.0 Å². The van der Waals surface area contributed by atoms with Crippen molar-refractivity contribution in [1.82, 2.24) is 10.2 Å². The van der Waals surface area contributed by atoms with Crippen molar-refractivity contribution in [2.24, 2.45) is 5.92 Å². The summed E-state index contributed by atoms with van der Waals surface area (Å²) in [6.07, 6.45) is 0.386. The van der Waals surface area contributed by atoms with Crippen LogP contribution in [0.25, 0.3) is 0 Å². The van der Waals surface area contributed by atoms with E-state index in [9.17, 15) is 18.8 Å². The van der Waals surface area contributed by atoms with Crippen molar-refractivity contribution in [2.45, 2.75) is 20.3 Å². The first-order chi connectivity index (χ1) is 9.91. The van der Waals surface area contributed by atoms with E-state index in [2.05, 4.69) is 5.32 Å². The third-order valence-electron chi connectivity index (χ3n) is 3.20. The Bertz CT molecular complexity index is 599. The lowest BCUT2D eigenvalue weighted by Crippen LogP contribution is -2.38. The number of nitrogens with zero attached hydrogens (tertiary/aromatic N) is 1. The van der Waals surface area contributed by atoms with Crippen LogP contribution in [-0.2, 0) is 4.79 Å². The highest BCUT2D eigenvalue weighted by atomic mass is 19.1. The van der Waals surface area contributed by atoms with Gasteiger partial charge in [-0.15, -0.1) is 0 Å². The highest BCUT2D eigenvalue weighted by Crippen LogP contribution is 2.24. The maximum Gasteiger partial charge on any atom is 0.264 e. The molecular weight excluding hydrogens is 275 g/mol. The van der Waals surface area contributed by atoms with Crippen molar-refractivity contribution in [2.75, 3.05) is 13.1 Å². The van der Waals surface area contributed by atoms with Gasteiger partial charge in [-0.25, -0.2) is 4.39 Å². The molecule has 1 aromatic rings. The smallest absolute Gasteiger partial charge is 0.264 e. The summed E-state index contributed by atoms with van der Waals surface area (Å²) in [6, 6.07) is 3.97. The number of carbonyl (C=O) groups is 3. The van der Waals surface area contributed by atoms with E-state index in [1.165, 1.54) is 12.1 Å². The van der Waals surface area contributed by atoms with Gasteiger partial charge in [0.15, 0.2) is 0 Å². The summed E-state index contributed by atoms with van der Waals surface area (Å²) in [7, 11) is 0. The summed E-state index contributed by atoms with van der Waals surface area (Å²) >= 11 is 0. The minimum Gasteiger partial charge on any atom is -0.354 e. The summed E-state index contributed by atoms with van der Waals surface area (Å²) < 4.78 is 13.6. The molecule has 0 fully saturated rings. The lowest BCUT2D eigenvalue weighted by atomic mass is 10.1. The summed E-state index contributed by atoms with van der Waals surface area (Å²) in [4.78, 5) is 36.5. The van der Waals surface area contributed by atoms with Gasteiger partial charge < -0.3 is 5.32 Å². The third-order valence-corrected chi connectivity index (χ3v) is 3.20. The molecule has 1 aromatic carbocycles. The van der Waals surface area contributed by atoms with Gasteiger partial charge >= 0.3 is 0 Å². The number of hydrogen-bond donors (Lipinski definition) is 1. The molecule has 0 aromatic heterocycles. The second-order valence-corrected chi connectivity index (χ2v) is 5.37. The van der Waals surface area contributed by atoms with Crippen LogP contribution >= 0.6 is 0 Å². The molecule has 0 radical (unpaired) electrons. The van der Waals surface area contributed by atoms with Crippen molar-refractivity contribution in [3.63, 3.8) is 0 Å². The zero-order chi connectivity index (χ0) is 15.6. The molecule has 1 aliphatic rings. The van der Waals surface area contributed by atoms with Crippen molar-refractivity contribution in [1.29, 1.82) is 0 Å². The molecule has 0 aliphatic carbocycles. The largest absolute Gasteiger partial charge is 0.354 e. The van der Waals surface area contributed by atoms with Crippen LogP contribution in [0.15, 0.2) is 18.2 Å². The molecule has 1 N–H and O–H groups in total. The zero-order valence-electron chi connectivity index (χ0n) is 12.0. The predicted octanol–water partition coefficient (Wildman–Crippen LogP) is 1.58. The van der Waals surface area contributed by atoms with E-state index < -0.39 is 17.6 Å². The van der Waals surface area contributed by atoms with Crippen LogP contribution in [0.2, 0.25) is 0 Å². The molecule has 0 unspecified atom stereocenters. The van der Waals surface area contributed by atoms with Gasteiger partial charge in [0, 0.05) is 19.5 Å². The Morgan fingerprint density at radius 3 is 2.62 bits per heavy atom. The van der Waals surface area contributed by atoms with Gasteiger partial charge in [0.2, 0.25) is 5.91 Å². The standard InChI is InChI=1S/C15H17FN2O3/c1-9(2)8-12(19)17-6-7-18-14(20)10-4-3-5-11(16)13(10)15(18)21/h3-5,9H,6-8H2,1-2H3,(H,17,19). The molecule has 1 aliphatic heterocycles. The number of carbonyl (C=O) groups excluding carboxylic acids is 3. The summed E-state index contributed by atoms with van der Waals surface area (Å²) in [6.45, 7) is 4.05. The second-order valence-electron chi connectivity index (χ2n) is 5.37. The third kappa shape index (κ3) is 3.09. The molecule has 0 atom stereocenters. The number of imide groups is 1. The summed E-state index contributed by atoms with van der Waals surface area (Å²) in [5.41, 5.74) is -0.107. The van der Waals surface area contributed by atoms with E-state index in [4.69, 9.17) is 0 Å². The number of amides is 3. The summed E-state index contributed by atoms with van der Waals surface area (Å²) in [5.74, 6) is -1.76. The average molecular weight is 292 g/mol. The van der Waals surface area contributed by atoms with E-state index >= 15 is 0 Å². The van der Waals surface area contributed by atoms with Gasteiger partial charge in [-0.2, -0.15) is 0 Å². The maximum absolute atomic E-state index is 13.6. The molecule has 6 heteroatoms. The number of halogens is 1. The lowest BCUT2D eigenvalue weighted by Gasteiger charge is -2.14. The van der Waals surface area contributed by atoms with Crippen LogP contribution in [0.1, 0.15) is 41.0 Å². The average Bonchev–Trinajstić information content (AvgIpc) is 2.64. The number of hydrogen-bond acceptors (Lipinski definition) is 3. The first-order valence-corrected chi connectivity index (χ1v) is 6.83. The van der Waals surface area contributed by atoms with Crippen LogP contribution in [0.4, 0.5) is 4.39 Å². The van der Waals surface area contributed by atoms with Gasteiger partial charge in [-0.05, 0) is 18.1 Å². The molecule has 1 heterocycles. The van der Waals surface area contributed by atoms with Gasteiger partial charge in [0.05, 0.1) is 11.1 Å². The zero-order valence-corrected chi connectivity index (χ0v) is 12.0. The molecule has 112 valence electrons. The molecule has 21 heavy (non-hydrogen) atoms. The fraction of sp³-hybridized carbons (Fsp3) is 0.400. The molecular formula is C15H17FN2O3.